The molecule has 4 rings (SSSR count). The van der Waals surface area contributed by atoms with E-state index in [1.165, 1.54) is 12.4 Å². The Balaban J connectivity index is 1.23. The molecule has 0 atom stereocenters. The molecular formula is C31H28N4O4. The molecule has 0 fully saturated rings. The highest BCUT2D eigenvalue weighted by molar-refractivity contribution is 5.97. The fourth-order valence-electron chi connectivity index (χ4n) is 3.48. The Kier molecular flexibility index (Phi) is 9.96. The number of hydrogen-bond acceptors (Lipinski definition) is 6. The molecule has 0 saturated carbocycles. The summed E-state index contributed by atoms with van der Waals surface area (Å²) in [5.41, 5.74) is 8.16. The lowest BCUT2D eigenvalue weighted by Gasteiger charge is -2.09. The Hall–Kier alpha value is -5.24. The Morgan fingerprint density at radius 2 is 0.949 bits per heavy atom. The molecule has 0 aromatic heterocycles. The van der Waals surface area contributed by atoms with Gasteiger partial charge in [0.1, 0.15) is 31.1 Å². The first kappa shape index (κ1) is 26.8. The van der Waals surface area contributed by atoms with Gasteiger partial charge in [-0.2, -0.15) is 10.2 Å². The van der Waals surface area contributed by atoms with Crippen LogP contribution in [0.3, 0.4) is 0 Å². The molecule has 0 radical (unpaired) electrons. The number of rotatable bonds is 12. The fraction of sp³-hybridized carbons (Fsp3) is 0.0968. The van der Waals surface area contributed by atoms with Gasteiger partial charge >= 0.3 is 0 Å². The smallest absolute Gasteiger partial charge is 0.249 e. The van der Waals surface area contributed by atoms with Crippen LogP contribution in [0.1, 0.15) is 28.7 Å². The molecule has 2 amide bonds. The highest BCUT2D eigenvalue weighted by atomic mass is 16.5. The van der Waals surface area contributed by atoms with Gasteiger partial charge in [-0.25, -0.2) is 10.9 Å². The second-order valence-electron chi connectivity index (χ2n) is 8.39. The number of amides is 2. The van der Waals surface area contributed by atoms with Crippen LogP contribution in [0.5, 0.6) is 11.5 Å². The van der Waals surface area contributed by atoms with E-state index in [9.17, 15) is 9.59 Å². The van der Waals surface area contributed by atoms with Crippen LogP contribution in [-0.4, -0.2) is 24.2 Å². The van der Waals surface area contributed by atoms with E-state index in [2.05, 4.69) is 21.1 Å². The lowest BCUT2D eigenvalue weighted by Crippen LogP contribution is -2.27. The first-order chi connectivity index (χ1) is 19.2. The van der Waals surface area contributed by atoms with Crippen LogP contribution >= 0.6 is 0 Å². The van der Waals surface area contributed by atoms with E-state index >= 15 is 0 Å². The molecule has 0 aliphatic heterocycles. The molecule has 0 bridgehead atoms. The Morgan fingerprint density at radius 1 is 0.564 bits per heavy atom. The van der Waals surface area contributed by atoms with Crippen molar-refractivity contribution in [3.8, 4) is 11.5 Å². The predicted molar refractivity (Wildman–Crippen MR) is 151 cm³/mol. The molecule has 2 N–H and O–H groups in total. The van der Waals surface area contributed by atoms with Crippen LogP contribution in [0.15, 0.2) is 119 Å². The monoisotopic (exact) mass is 520 g/mol. The quantitative estimate of drug-likeness (QED) is 0.159. The zero-order valence-corrected chi connectivity index (χ0v) is 21.2. The van der Waals surface area contributed by atoms with Crippen molar-refractivity contribution >= 4 is 24.2 Å². The molecule has 0 unspecified atom stereocenters. The molecule has 0 saturated heterocycles. The number of hydrazone groups is 2. The highest BCUT2D eigenvalue weighted by Gasteiger charge is 2.08. The minimum Gasteiger partial charge on any atom is -0.488 e. The summed E-state index contributed by atoms with van der Waals surface area (Å²) in [5, 5.41) is 7.91. The van der Waals surface area contributed by atoms with Gasteiger partial charge in [-0.15, -0.1) is 0 Å². The normalized spacial score (nSPS) is 10.9. The Labute approximate surface area is 227 Å². The molecule has 0 aliphatic carbocycles. The number of hydrogen-bond donors (Lipinski definition) is 2. The van der Waals surface area contributed by atoms with E-state index < -0.39 is 18.2 Å². The third-order valence-corrected chi connectivity index (χ3v) is 5.42. The number of benzene rings is 4. The molecule has 196 valence electrons. The van der Waals surface area contributed by atoms with E-state index in [1.807, 2.05) is 109 Å². The molecule has 8 heteroatoms. The first-order valence-electron chi connectivity index (χ1n) is 12.3. The number of nitrogens with zero attached hydrogens (tertiary/aromatic N) is 2. The van der Waals surface area contributed by atoms with Crippen molar-refractivity contribution in [2.75, 3.05) is 0 Å². The number of nitrogens with one attached hydrogen (secondary N) is 2. The van der Waals surface area contributed by atoms with Crippen molar-refractivity contribution in [1.29, 1.82) is 0 Å². The summed E-state index contributed by atoms with van der Waals surface area (Å²) in [6, 6.07) is 34.3. The van der Waals surface area contributed by atoms with Crippen LogP contribution in [0.4, 0.5) is 0 Å². The topological polar surface area (TPSA) is 101 Å². The van der Waals surface area contributed by atoms with Crippen LogP contribution in [-0.2, 0) is 22.8 Å². The zero-order valence-electron chi connectivity index (χ0n) is 21.2. The van der Waals surface area contributed by atoms with E-state index in [0.717, 1.165) is 11.1 Å². The molecule has 0 spiro atoms. The highest BCUT2D eigenvalue weighted by Crippen LogP contribution is 2.18. The second-order valence-corrected chi connectivity index (χ2v) is 8.39. The van der Waals surface area contributed by atoms with Gasteiger partial charge in [0.05, 0.1) is 12.4 Å². The predicted octanol–water partition coefficient (Wildman–Crippen LogP) is 4.84. The summed E-state index contributed by atoms with van der Waals surface area (Å²) in [4.78, 5) is 24.3. The summed E-state index contributed by atoms with van der Waals surface area (Å²) in [6.07, 6.45) is 2.51. The molecule has 0 aliphatic rings. The van der Waals surface area contributed by atoms with Crippen LogP contribution in [0, 0.1) is 0 Å². The van der Waals surface area contributed by atoms with Crippen LogP contribution in [0.25, 0.3) is 0 Å². The average Bonchev–Trinajstić information content (AvgIpc) is 2.97. The van der Waals surface area contributed by atoms with Gasteiger partial charge in [0.2, 0.25) is 11.8 Å². The maximum atomic E-state index is 12.2. The molecular weight excluding hydrogens is 492 g/mol. The minimum atomic E-state index is -0.576. The van der Waals surface area contributed by atoms with Gasteiger partial charge in [-0.3, -0.25) is 9.59 Å². The average molecular weight is 521 g/mol. The van der Waals surface area contributed by atoms with Crippen molar-refractivity contribution in [1.82, 2.24) is 10.9 Å². The standard InChI is InChI=1S/C31H28N4O4/c36-30(34-32-20-26-15-7-9-17-28(26)38-22-24-11-3-1-4-12-24)19-31(37)35-33-21-27-16-8-10-18-29(27)39-23-25-13-5-2-6-14-25/h1-18,20-21H,19,22-23H2,(H,34,36)(H,35,37)/b32-20+,33-21+. The number of carbonyl (C=O) groups excluding carboxylic acids is 2. The summed E-state index contributed by atoms with van der Waals surface area (Å²) >= 11 is 0. The van der Waals surface area contributed by atoms with Gasteiger partial charge in [0.15, 0.2) is 0 Å². The fourth-order valence-corrected chi connectivity index (χ4v) is 3.48. The lowest BCUT2D eigenvalue weighted by molar-refractivity contribution is -0.129. The molecule has 39 heavy (non-hydrogen) atoms. The molecule has 8 nitrogen and oxygen atoms in total. The van der Waals surface area contributed by atoms with Gasteiger partial charge in [0.25, 0.3) is 0 Å². The minimum absolute atomic E-state index is 0.405. The first-order valence-corrected chi connectivity index (χ1v) is 12.3. The summed E-state index contributed by atoms with van der Waals surface area (Å²) in [6.45, 7) is 0.810. The molecule has 4 aromatic rings. The third kappa shape index (κ3) is 8.98. The van der Waals surface area contributed by atoms with E-state index in [1.54, 1.807) is 0 Å². The lowest BCUT2D eigenvalue weighted by atomic mass is 10.2. The van der Waals surface area contributed by atoms with Crippen molar-refractivity contribution in [2.45, 2.75) is 19.6 Å². The summed E-state index contributed by atoms with van der Waals surface area (Å²) in [5.74, 6) is 0.0976. The van der Waals surface area contributed by atoms with Gasteiger partial charge < -0.3 is 9.47 Å². The largest absolute Gasteiger partial charge is 0.488 e. The molecule has 4 aromatic carbocycles. The van der Waals surface area contributed by atoms with E-state index in [0.29, 0.717) is 35.8 Å². The van der Waals surface area contributed by atoms with Gasteiger partial charge in [-0.05, 0) is 35.4 Å². The Morgan fingerprint density at radius 3 is 1.38 bits per heavy atom. The number of para-hydroxylation sites is 2. The van der Waals surface area contributed by atoms with E-state index in [4.69, 9.17) is 9.47 Å². The summed E-state index contributed by atoms with van der Waals surface area (Å²) in [7, 11) is 0. The van der Waals surface area contributed by atoms with Crippen molar-refractivity contribution < 1.29 is 19.1 Å². The number of ether oxygens (including phenoxy) is 2. The Bertz CT molecular complexity index is 1310. The maximum Gasteiger partial charge on any atom is 0.249 e. The third-order valence-electron chi connectivity index (χ3n) is 5.42. The van der Waals surface area contributed by atoms with Gasteiger partial charge in [0, 0.05) is 11.1 Å². The van der Waals surface area contributed by atoms with Crippen molar-refractivity contribution in [3.05, 3.63) is 131 Å². The van der Waals surface area contributed by atoms with Crippen molar-refractivity contribution in [2.24, 2.45) is 10.2 Å². The molecule has 0 heterocycles. The van der Waals surface area contributed by atoms with E-state index in [-0.39, 0.29) is 0 Å². The van der Waals surface area contributed by atoms with Crippen molar-refractivity contribution in [3.63, 3.8) is 0 Å². The SMILES string of the molecule is O=C(CC(=O)N/N=C/c1ccccc1OCc1ccccc1)N/N=C/c1ccccc1OCc1ccccc1. The second kappa shape index (κ2) is 14.5. The maximum absolute atomic E-state index is 12.2. The van der Waals surface area contributed by atoms with Crippen LogP contribution < -0.4 is 20.3 Å². The van der Waals surface area contributed by atoms with Gasteiger partial charge in [-0.1, -0.05) is 84.9 Å². The summed E-state index contributed by atoms with van der Waals surface area (Å²) < 4.78 is 11.8. The zero-order chi connectivity index (χ0) is 27.1. The number of carbonyl (C=O) groups is 2. The van der Waals surface area contributed by atoms with Crippen LogP contribution in [0.2, 0.25) is 0 Å².